The molecule has 0 spiro atoms. The second-order valence-electron chi connectivity index (χ2n) is 5.55. The van der Waals surface area contributed by atoms with Gasteiger partial charge in [0, 0.05) is 11.1 Å². The summed E-state index contributed by atoms with van der Waals surface area (Å²) >= 11 is 0. The molecule has 0 amide bonds. The van der Waals surface area contributed by atoms with Crippen molar-refractivity contribution in [2.75, 3.05) is 7.11 Å². The Morgan fingerprint density at radius 1 is 0.905 bits per heavy atom. The summed E-state index contributed by atoms with van der Waals surface area (Å²) in [5, 5.41) is 21.0. The van der Waals surface area contributed by atoms with Gasteiger partial charge < -0.3 is 14.9 Å². The Morgan fingerprint density at radius 2 is 1.38 bits per heavy atom. The molecule has 4 heteroatoms. The maximum absolute atomic E-state index is 10.5. The molecule has 0 saturated heterocycles. The number of allylic oxidation sites excluding steroid dienone is 2. The van der Waals surface area contributed by atoms with Crippen molar-refractivity contribution in [1.29, 1.82) is 0 Å². The molecule has 21 heavy (non-hydrogen) atoms. The Balaban J connectivity index is 2.11. The Labute approximate surface area is 123 Å². The molecule has 110 valence electrons. The van der Waals surface area contributed by atoms with Gasteiger partial charge in [-0.05, 0) is 51.0 Å². The second kappa shape index (κ2) is 4.88. The minimum atomic E-state index is 0.125. The lowest BCUT2D eigenvalue weighted by molar-refractivity contribution is 0.398. The molecule has 0 bridgehead atoms. The van der Waals surface area contributed by atoms with Gasteiger partial charge in [0.25, 0.3) is 0 Å². The first kappa shape index (κ1) is 13.6. The van der Waals surface area contributed by atoms with Gasteiger partial charge in [0.1, 0.15) is 5.75 Å². The summed E-state index contributed by atoms with van der Waals surface area (Å²) in [6.07, 6.45) is 1.37. The third-order valence-electron chi connectivity index (χ3n) is 4.27. The van der Waals surface area contributed by atoms with E-state index in [2.05, 4.69) is 13.8 Å². The minimum absolute atomic E-state index is 0.125. The maximum Gasteiger partial charge on any atom is 0.202 e. The molecule has 0 unspecified atom stereocenters. The summed E-state index contributed by atoms with van der Waals surface area (Å²) < 4.78 is 6.63. The molecule has 4 nitrogen and oxygen atoms in total. The lowest BCUT2D eigenvalue weighted by atomic mass is 9.90. The molecular formula is C17H19NO3. The number of rotatable bonds is 2. The predicted molar refractivity (Wildman–Crippen MR) is 81.4 cm³/mol. The first-order valence-corrected chi connectivity index (χ1v) is 6.97. The van der Waals surface area contributed by atoms with Crippen LogP contribution in [0.1, 0.15) is 25.0 Å². The lowest BCUT2D eigenvalue weighted by Gasteiger charge is -2.15. The summed E-state index contributed by atoms with van der Waals surface area (Å²) in [5.74, 6) is 0.988. The Kier molecular flexibility index (Phi) is 3.16. The van der Waals surface area contributed by atoms with E-state index < -0.39 is 0 Å². The van der Waals surface area contributed by atoms with Crippen LogP contribution in [0.15, 0.2) is 35.4 Å². The van der Waals surface area contributed by atoms with Gasteiger partial charge in [-0.1, -0.05) is 11.1 Å². The van der Waals surface area contributed by atoms with Gasteiger partial charge in [-0.3, -0.25) is 4.57 Å². The molecule has 0 atom stereocenters. The van der Waals surface area contributed by atoms with Crippen LogP contribution in [0.25, 0.3) is 5.69 Å². The smallest absolute Gasteiger partial charge is 0.202 e. The van der Waals surface area contributed by atoms with E-state index in [1.807, 2.05) is 24.3 Å². The van der Waals surface area contributed by atoms with Gasteiger partial charge in [-0.25, -0.2) is 0 Å². The van der Waals surface area contributed by atoms with Gasteiger partial charge in [0.2, 0.25) is 11.8 Å². The number of ether oxygens (including phenoxy) is 1. The Hall–Kier alpha value is -2.36. The van der Waals surface area contributed by atoms with Crippen LogP contribution in [0.5, 0.6) is 17.5 Å². The van der Waals surface area contributed by atoms with Crippen molar-refractivity contribution >= 4 is 0 Å². The minimum Gasteiger partial charge on any atom is -0.497 e. The third kappa shape index (κ3) is 2.07. The molecule has 1 aliphatic rings. The van der Waals surface area contributed by atoms with Gasteiger partial charge in [0.05, 0.1) is 12.8 Å². The molecule has 0 saturated carbocycles. The van der Waals surface area contributed by atoms with E-state index in [9.17, 15) is 10.2 Å². The fraction of sp³-hybridized carbons (Fsp3) is 0.294. The topological polar surface area (TPSA) is 54.6 Å². The van der Waals surface area contributed by atoms with Crippen LogP contribution in [0.3, 0.4) is 0 Å². The van der Waals surface area contributed by atoms with Gasteiger partial charge in [-0.15, -0.1) is 0 Å². The third-order valence-corrected chi connectivity index (χ3v) is 4.27. The van der Waals surface area contributed by atoms with Crippen molar-refractivity contribution in [2.45, 2.75) is 26.7 Å². The highest BCUT2D eigenvalue weighted by Crippen LogP contribution is 2.42. The van der Waals surface area contributed by atoms with Gasteiger partial charge in [-0.2, -0.15) is 0 Å². The highest BCUT2D eigenvalue weighted by atomic mass is 16.5. The van der Waals surface area contributed by atoms with Crippen LogP contribution in [0.4, 0.5) is 0 Å². The molecule has 1 aromatic carbocycles. The summed E-state index contributed by atoms with van der Waals surface area (Å²) in [4.78, 5) is 0. The number of methoxy groups -OCH3 is 1. The number of nitrogens with zero attached hydrogens (tertiary/aromatic N) is 1. The van der Waals surface area contributed by atoms with Crippen molar-refractivity contribution in [3.8, 4) is 23.2 Å². The quantitative estimate of drug-likeness (QED) is 0.832. The highest BCUT2D eigenvalue weighted by Gasteiger charge is 2.26. The predicted octanol–water partition coefficient (Wildman–Crippen LogP) is 3.33. The van der Waals surface area contributed by atoms with Crippen LogP contribution in [-0.2, 0) is 12.8 Å². The monoisotopic (exact) mass is 285 g/mol. The molecule has 2 N–H and O–H groups in total. The normalized spacial score (nSPS) is 14.2. The van der Waals surface area contributed by atoms with Gasteiger partial charge >= 0.3 is 0 Å². The molecule has 0 aliphatic heterocycles. The van der Waals surface area contributed by atoms with Crippen LogP contribution in [0.2, 0.25) is 0 Å². The standard InChI is InChI=1S/C17H19NO3/c1-10-8-14-15(9-11(10)2)17(20)18(16(14)19)12-4-6-13(21-3)7-5-12/h4-7,19-20H,8-9H2,1-3H3. The van der Waals surface area contributed by atoms with E-state index in [0.29, 0.717) is 12.8 Å². The summed E-state index contributed by atoms with van der Waals surface area (Å²) in [6, 6.07) is 7.25. The molecule has 1 heterocycles. The maximum atomic E-state index is 10.5. The lowest BCUT2D eigenvalue weighted by Crippen LogP contribution is -2.03. The first-order valence-electron chi connectivity index (χ1n) is 6.97. The summed E-state index contributed by atoms with van der Waals surface area (Å²) in [7, 11) is 1.61. The molecule has 3 rings (SSSR count). The zero-order chi connectivity index (χ0) is 15.1. The summed E-state index contributed by atoms with van der Waals surface area (Å²) in [5.41, 5.74) is 4.88. The molecule has 2 aromatic rings. The number of aromatic nitrogens is 1. The van der Waals surface area contributed by atoms with E-state index >= 15 is 0 Å². The Morgan fingerprint density at radius 3 is 1.81 bits per heavy atom. The number of hydrogen-bond donors (Lipinski definition) is 2. The number of aromatic hydroxyl groups is 2. The number of benzene rings is 1. The van der Waals surface area contributed by atoms with Crippen molar-refractivity contribution < 1.29 is 14.9 Å². The van der Waals surface area contributed by atoms with Crippen molar-refractivity contribution in [1.82, 2.24) is 4.57 Å². The zero-order valence-electron chi connectivity index (χ0n) is 12.5. The van der Waals surface area contributed by atoms with E-state index in [1.165, 1.54) is 15.7 Å². The van der Waals surface area contributed by atoms with E-state index in [4.69, 9.17) is 4.74 Å². The second-order valence-corrected chi connectivity index (χ2v) is 5.55. The van der Waals surface area contributed by atoms with Crippen LogP contribution in [0, 0.1) is 0 Å². The molecular weight excluding hydrogens is 266 g/mol. The van der Waals surface area contributed by atoms with Crippen LogP contribution in [-0.4, -0.2) is 21.9 Å². The van der Waals surface area contributed by atoms with E-state index in [1.54, 1.807) is 7.11 Å². The fourth-order valence-corrected chi connectivity index (χ4v) is 2.82. The van der Waals surface area contributed by atoms with E-state index in [0.717, 1.165) is 22.6 Å². The van der Waals surface area contributed by atoms with Gasteiger partial charge in [0.15, 0.2) is 0 Å². The van der Waals surface area contributed by atoms with Crippen LogP contribution < -0.4 is 4.74 Å². The molecule has 0 fully saturated rings. The molecule has 1 aliphatic carbocycles. The molecule has 1 aromatic heterocycles. The first-order chi connectivity index (χ1) is 10.0. The average Bonchev–Trinajstić information content (AvgIpc) is 2.72. The van der Waals surface area contributed by atoms with Crippen molar-refractivity contribution in [3.05, 3.63) is 46.5 Å². The van der Waals surface area contributed by atoms with Crippen molar-refractivity contribution in [2.24, 2.45) is 0 Å². The zero-order valence-corrected chi connectivity index (χ0v) is 12.5. The number of fused-ring (bicyclic) bond motifs is 1. The number of hydrogen-bond acceptors (Lipinski definition) is 3. The summed E-state index contributed by atoms with van der Waals surface area (Å²) in [6.45, 7) is 4.14. The fourth-order valence-electron chi connectivity index (χ4n) is 2.82. The SMILES string of the molecule is COc1ccc(-n2c(O)c3c(c2O)CC(C)=C(C)C3)cc1. The Bertz CT molecular complexity index is 686. The average molecular weight is 285 g/mol. The largest absolute Gasteiger partial charge is 0.497 e. The molecule has 0 radical (unpaired) electrons. The van der Waals surface area contributed by atoms with Crippen LogP contribution >= 0.6 is 0 Å². The highest BCUT2D eigenvalue weighted by molar-refractivity contribution is 5.57. The van der Waals surface area contributed by atoms with E-state index in [-0.39, 0.29) is 11.8 Å². The van der Waals surface area contributed by atoms with Crippen molar-refractivity contribution in [3.63, 3.8) is 0 Å².